The summed E-state index contributed by atoms with van der Waals surface area (Å²) in [6.45, 7) is 1.87. The molecule has 0 radical (unpaired) electrons. The highest BCUT2D eigenvalue weighted by atomic mass is 19.4. The quantitative estimate of drug-likeness (QED) is 0.473. The van der Waals surface area contributed by atoms with E-state index in [0.717, 1.165) is 28.9 Å². The SMILES string of the molecule is CC1(C)CC(=O)c2c([nH]c(-c3ccnc(NC(=O)COCC(F)(F)F)c3)c2Cc2ccccc2)C1. The van der Waals surface area contributed by atoms with E-state index in [4.69, 9.17) is 0 Å². The van der Waals surface area contributed by atoms with Crippen molar-refractivity contribution >= 4 is 17.5 Å². The fourth-order valence-electron chi connectivity index (χ4n) is 4.45. The Balaban J connectivity index is 1.64. The molecular weight excluding hydrogens is 459 g/mol. The van der Waals surface area contributed by atoms with Gasteiger partial charge >= 0.3 is 6.18 Å². The van der Waals surface area contributed by atoms with Crippen molar-refractivity contribution in [2.24, 2.45) is 5.41 Å². The van der Waals surface area contributed by atoms with Gasteiger partial charge < -0.3 is 15.0 Å². The number of aromatic amines is 1. The van der Waals surface area contributed by atoms with Gasteiger partial charge in [0.25, 0.3) is 5.91 Å². The zero-order valence-electron chi connectivity index (χ0n) is 19.5. The van der Waals surface area contributed by atoms with E-state index in [1.54, 1.807) is 12.1 Å². The number of halogens is 3. The van der Waals surface area contributed by atoms with Crippen molar-refractivity contribution in [2.45, 2.75) is 39.3 Å². The molecule has 0 spiro atoms. The lowest BCUT2D eigenvalue weighted by Gasteiger charge is -2.28. The fraction of sp³-hybridized carbons (Fsp3) is 0.346. The smallest absolute Gasteiger partial charge is 0.362 e. The molecule has 35 heavy (non-hydrogen) atoms. The summed E-state index contributed by atoms with van der Waals surface area (Å²) in [7, 11) is 0. The Kier molecular flexibility index (Phi) is 6.80. The number of nitrogens with one attached hydrogen (secondary N) is 2. The van der Waals surface area contributed by atoms with Crippen LogP contribution in [0.15, 0.2) is 48.7 Å². The van der Waals surface area contributed by atoms with Gasteiger partial charge in [-0.05, 0) is 35.1 Å². The van der Waals surface area contributed by atoms with E-state index in [1.807, 2.05) is 30.3 Å². The van der Waals surface area contributed by atoms with Crippen LogP contribution in [0.2, 0.25) is 0 Å². The molecule has 6 nitrogen and oxygen atoms in total. The standard InChI is InChI=1S/C26H26F3N3O3/c1-25(2)12-19-23(20(33)13-25)18(10-16-6-4-3-5-7-16)24(31-19)17-8-9-30-21(11-17)32-22(34)14-35-15-26(27,28)29/h3-9,11,31H,10,12-15H2,1-2H3,(H,30,32,34). The molecule has 0 fully saturated rings. The number of pyridine rings is 1. The predicted molar refractivity (Wildman–Crippen MR) is 125 cm³/mol. The second kappa shape index (κ2) is 9.65. The maximum Gasteiger partial charge on any atom is 0.411 e. The van der Waals surface area contributed by atoms with Gasteiger partial charge in [-0.3, -0.25) is 9.59 Å². The molecule has 1 aliphatic rings. The van der Waals surface area contributed by atoms with Crippen LogP contribution in [0.5, 0.6) is 0 Å². The van der Waals surface area contributed by atoms with Gasteiger partial charge in [0.2, 0.25) is 0 Å². The maximum atomic E-state index is 13.2. The Hall–Kier alpha value is -3.46. The largest absolute Gasteiger partial charge is 0.411 e. The van der Waals surface area contributed by atoms with Crippen LogP contribution < -0.4 is 5.32 Å². The van der Waals surface area contributed by atoms with Crippen molar-refractivity contribution in [3.8, 4) is 11.3 Å². The Morgan fingerprint density at radius 3 is 2.63 bits per heavy atom. The summed E-state index contributed by atoms with van der Waals surface area (Å²) in [5, 5.41) is 2.47. The number of rotatable bonds is 7. The van der Waals surface area contributed by atoms with Crippen LogP contribution in [0.4, 0.5) is 19.0 Å². The molecule has 2 aromatic heterocycles. The van der Waals surface area contributed by atoms with Gasteiger partial charge in [0, 0.05) is 35.9 Å². The van der Waals surface area contributed by atoms with Crippen LogP contribution in [0.25, 0.3) is 11.3 Å². The van der Waals surface area contributed by atoms with E-state index >= 15 is 0 Å². The van der Waals surface area contributed by atoms with Crippen LogP contribution in [0, 0.1) is 5.41 Å². The number of carbonyl (C=O) groups is 2. The van der Waals surface area contributed by atoms with Gasteiger partial charge in [-0.15, -0.1) is 0 Å². The number of ketones is 1. The monoisotopic (exact) mass is 485 g/mol. The van der Waals surface area contributed by atoms with Crippen LogP contribution in [-0.2, 0) is 22.4 Å². The summed E-state index contributed by atoms with van der Waals surface area (Å²) < 4.78 is 41.1. The first-order valence-corrected chi connectivity index (χ1v) is 11.2. The molecule has 3 aromatic rings. The van der Waals surface area contributed by atoms with Crippen LogP contribution >= 0.6 is 0 Å². The van der Waals surface area contributed by atoms with Crippen LogP contribution in [-0.4, -0.2) is 41.0 Å². The third-order valence-electron chi connectivity index (χ3n) is 5.79. The first kappa shape index (κ1) is 24.7. The number of Topliss-reactive ketones (excluding diaryl/α,β-unsaturated/α-hetero) is 1. The molecule has 0 atom stereocenters. The number of benzene rings is 1. The lowest BCUT2D eigenvalue weighted by atomic mass is 9.75. The molecule has 1 aromatic carbocycles. The minimum atomic E-state index is -4.51. The van der Waals surface area contributed by atoms with Crippen LogP contribution in [0.3, 0.4) is 0 Å². The number of nitrogens with zero attached hydrogens (tertiary/aromatic N) is 1. The maximum absolute atomic E-state index is 13.2. The molecule has 0 saturated carbocycles. The zero-order valence-corrected chi connectivity index (χ0v) is 19.5. The van der Waals surface area contributed by atoms with Crippen molar-refractivity contribution in [1.82, 2.24) is 9.97 Å². The molecule has 2 heterocycles. The lowest BCUT2D eigenvalue weighted by molar-refractivity contribution is -0.174. The normalized spacial score (nSPS) is 15.1. The van der Waals surface area contributed by atoms with Crippen LogP contribution in [0.1, 0.15) is 47.4 Å². The molecule has 9 heteroatoms. The molecule has 2 N–H and O–H groups in total. The average molecular weight is 486 g/mol. The molecule has 0 unspecified atom stereocenters. The Labute approximate surface area is 200 Å². The van der Waals surface area contributed by atoms with Gasteiger partial charge in [-0.2, -0.15) is 13.2 Å². The lowest BCUT2D eigenvalue weighted by Crippen LogP contribution is -2.27. The molecule has 0 bridgehead atoms. The molecule has 0 aliphatic heterocycles. The second-order valence-electron chi connectivity index (χ2n) is 9.52. The topological polar surface area (TPSA) is 84.1 Å². The highest BCUT2D eigenvalue weighted by Gasteiger charge is 2.35. The number of fused-ring (bicyclic) bond motifs is 1. The van der Waals surface area contributed by atoms with E-state index in [-0.39, 0.29) is 17.0 Å². The second-order valence-corrected chi connectivity index (χ2v) is 9.52. The zero-order chi connectivity index (χ0) is 25.2. The number of alkyl halides is 3. The average Bonchev–Trinajstić information content (AvgIpc) is 3.10. The van der Waals surface area contributed by atoms with Crippen molar-refractivity contribution < 1.29 is 27.5 Å². The third-order valence-corrected chi connectivity index (χ3v) is 5.79. The Bertz CT molecular complexity index is 1230. The number of ether oxygens (including phenoxy) is 1. The molecule has 4 rings (SSSR count). The minimum Gasteiger partial charge on any atom is -0.362 e. The first-order chi connectivity index (χ1) is 16.5. The van der Waals surface area contributed by atoms with Crippen molar-refractivity contribution in [1.29, 1.82) is 0 Å². The van der Waals surface area contributed by atoms with Crippen molar-refractivity contribution in [2.75, 3.05) is 18.5 Å². The number of anilines is 1. The summed E-state index contributed by atoms with van der Waals surface area (Å²) in [5.41, 5.74) is 4.83. The predicted octanol–water partition coefficient (Wildman–Crippen LogP) is 5.34. The summed E-state index contributed by atoms with van der Waals surface area (Å²) >= 11 is 0. The number of hydrogen-bond donors (Lipinski definition) is 2. The highest BCUT2D eigenvalue weighted by molar-refractivity contribution is 6.02. The summed E-state index contributed by atoms with van der Waals surface area (Å²) in [6, 6.07) is 13.2. The van der Waals surface area contributed by atoms with Gasteiger partial charge in [-0.1, -0.05) is 44.2 Å². The number of aromatic nitrogens is 2. The Morgan fingerprint density at radius 2 is 1.91 bits per heavy atom. The molecule has 184 valence electrons. The number of amides is 1. The van der Waals surface area contributed by atoms with Gasteiger partial charge in [-0.25, -0.2) is 4.98 Å². The third kappa shape index (κ3) is 6.16. The number of H-pyrrole nitrogens is 1. The van der Waals surface area contributed by atoms with E-state index in [2.05, 4.69) is 33.9 Å². The minimum absolute atomic E-state index is 0.0917. The summed E-state index contributed by atoms with van der Waals surface area (Å²) in [4.78, 5) is 32.7. The fourth-order valence-corrected chi connectivity index (χ4v) is 4.45. The summed E-state index contributed by atoms with van der Waals surface area (Å²) in [5.74, 6) is -0.479. The van der Waals surface area contributed by atoms with Crippen molar-refractivity contribution in [3.05, 3.63) is 71.0 Å². The highest BCUT2D eigenvalue weighted by Crippen LogP contribution is 2.40. The van der Waals surface area contributed by atoms with E-state index in [9.17, 15) is 22.8 Å². The van der Waals surface area contributed by atoms with E-state index < -0.39 is 25.3 Å². The Morgan fingerprint density at radius 1 is 1.17 bits per heavy atom. The van der Waals surface area contributed by atoms with E-state index in [0.29, 0.717) is 24.0 Å². The molecular formula is C26H26F3N3O3. The van der Waals surface area contributed by atoms with Gasteiger partial charge in [0.15, 0.2) is 5.78 Å². The molecule has 0 saturated heterocycles. The van der Waals surface area contributed by atoms with E-state index in [1.165, 1.54) is 6.20 Å². The first-order valence-electron chi connectivity index (χ1n) is 11.2. The van der Waals surface area contributed by atoms with Gasteiger partial charge in [0.05, 0.1) is 5.69 Å². The van der Waals surface area contributed by atoms with Crippen molar-refractivity contribution in [3.63, 3.8) is 0 Å². The summed E-state index contributed by atoms with van der Waals surface area (Å²) in [6.07, 6.45) is -1.29. The number of carbonyl (C=O) groups excluding carboxylic acids is 2. The van der Waals surface area contributed by atoms with Gasteiger partial charge in [0.1, 0.15) is 19.0 Å². The molecule has 1 aliphatic carbocycles. The molecule has 1 amide bonds. The number of hydrogen-bond acceptors (Lipinski definition) is 4.